The summed E-state index contributed by atoms with van der Waals surface area (Å²) in [6.45, 7) is 3.69. The molecule has 0 saturated carbocycles. The van der Waals surface area contributed by atoms with Gasteiger partial charge in [-0.15, -0.1) is 10.2 Å². The Morgan fingerprint density at radius 3 is 2.48 bits per heavy atom. The van der Waals surface area contributed by atoms with Gasteiger partial charge in [0, 0.05) is 11.3 Å². The normalized spacial score (nSPS) is 11.5. The van der Waals surface area contributed by atoms with E-state index in [4.69, 9.17) is 0 Å². The van der Waals surface area contributed by atoms with Crippen molar-refractivity contribution in [3.05, 3.63) is 113 Å². The third kappa shape index (κ3) is 6.46. The molecule has 11 heteroatoms. The van der Waals surface area contributed by atoms with E-state index in [1.807, 2.05) is 62.4 Å². The molecule has 0 saturated heterocycles. The number of fused-ring (bicyclic) bond motifs is 1. The van der Waals surface area contributed by atoms with Gasteiger partial charge in [-0.3, -0.25) is 14.2 Å². The molecule has 7 nitrogen and oxygen atoms in total. The first-order valence-electron chi connectivity index (χ1n) is 13.0. The van der Waals surface area contributed by atoms with Crippen molar-refractivity contribution in [1.29, 1.82) is 0 Å². The summed E-state index contributed by atoms with van der Waals surface area (Å²) in [7, 11) is 0. The van der Waals surface area contributed by atoms with Gasteiger partial charge >= 0.3 is 6.18 Å². The van der Waals surface area contributed by atoms with E-state index in [1.165, 1.54) is 16.7 Å². The van der Waals surface area contributed by atoms with Gasteiger partial charge in [0.25, 0.3) is 5.91 Å². The van der Waals surface area contributed by atoms with E-state index in [2.05, 4.69) is 20.8 Å². The summed E-state index contributed by atoms with van der Waals surface area (Å²) in [5.74, 6) is -0.529. The lowest BCUT2D eigenvalue weighted by Crippen LogP contribution is -2.25. The van der Waals surface area contributed by atoms with Crippen LogP contribution in [0.1, 0.15) is 32.9 Å². The zero-order valence-electron chi connectivity index (χ0n) is 22.7. The van der Waals surface area contributed by atoms with Crippen molar-refractivity contribution in [2.24, 2.45) is 0 Å². The summed E-state index contributed by atoms with van der Waals surface area (Å²) < 4.78 is 42.1. The largest absolute Gasteiger partial charge is 0.416 e. The highest BCUT2D eigenvalue weighted by Crippen LogP contribution is 2.32. The molecular weight excluding hydrogens is 563 g/mol. The molecule has 214 valence electrons. The van der Waals surface area contributed by atoms with E-state index in [0.717, 1.165) is 45.8 Å². The lowest BCUT2D eigenvalue weighted by Gasteiger charge is -2.14. The summed E-state index contributed by atoms with van der Waals surface area (Å²) >= 11 is 1.03. The standard InChI is InChI=1S/C31H26F3N5O2S/c1-19-13-14-20(2)26(15-19)36-28(40)18-42-30-38-37-27(39(30)23-10-6-9-22(16-23)31(32,33)34)17-35-29(41)25-12-5-8-21-7-3-4-11-24(21)25/h3-16H,17-18H2,1-2H3,(H,35,41)(H,36,40). The lowest BCUT2D eigenvalue weighted by atomic mass is 10.0. The molecule has 1 heterocycles. The van der Waals surface area contributed by atoms with Gasteiger partial charge in [-0.25, -0.2) is 0 Å². The highest BCUT2D eigenvalue weighted by molar-refractivity contribution is 7.99. The van der Waals surface area contributed by atoms with E-state index in [0.29, 0.717) is 11.3 Å². The Morgan fingerprint density at radius 1 is 0.905 bits per heavy atom. The molecule has 5 rings (SSSR count). The van der Waals surface area contributed by atoms with Gasteiger partial charge < -0.3 is 10.6 Å². The zero-order valence-corrected chi connectivity index (χ0v) is 23.5. The van der Waals surface area contributed by atoms with Gasteiger partial charge in [0.1, 0.15) is 0 Å². The second-order valence-corrected chi connectivity index (χ2v) is 10.6. The minimum atomic E-state index is -4.56. The minimum absolute atomic E-state index is 0.0627. The first kappa shape index (κ1) is 28.9. The Morgan fingerprint density at radius 2 is 1.67 bits per heavy atom. The fraction of sp³-hybridized carbons (Fsp3) is 0.161. The Labute approximate surface area is 244 Å². The molecule has 0 fully saturated rings. The number of rotatable bonds is 8. The molecule has 5 aromatic rings. The second-order valence-electron chi connectivity index (χ2n) is 9.65. The van der Waals surface area contributed by atoms with Crippen LogP contribution in [-0.4, -0.2) is 32.3 Å². The lowest BCUT2D eigenvalue weighted by molar-refractivity contribution is -0.137. The molecule has 2 N–H and O–H groups in total. The van der Waals surface area contributed by atoms with Crippen LogP contribution in [0.3, 0.4) is 0 Å². The first-order chi connectivity index (χ1) is 20.1. The van der Waals surface area contributed by atoms with Crippen LogP contribution >= 0.6 is 11.8 Å². The molecular formula is C31H26F3N5O2S. The number of anilines is 1. The predicted molar refractivity (Wildman–Crippen MR) is 157 cm³/mol. The number of aromatic nitrogens is 3. The van der Waals surface area contributed by atoms with Crippen LogP contribution in [0.4, 0.5) is 18.9 Å². The Kier molecular flexibility index (Phi) is 8.30. The maximum atomic E-state index is 13.5. The van der Waals surface area contributed by atoms with Crippen molar-refractivity contribution in [2.75, 3.05) is 11.1 Å². The van der Waals surface area contributed by atoms with Crippen molar-refractivity contribution in [2.45, 2.75) is 31.7 Å². The molecule has 0 bridgehead atoms. The molecule has 0 aliphatic heterocycles. The molecule has 0 unspecified atom stereocenters. The zero-order chi connectivity index (χ0) is 29.9. The number of carbonyl (C=O) groups is 2. The molecule has 0 radical (unpaired) electrons. The summed E-state index contributed by atoms with van der Waals surface area (Å²) in [5, 5.41) is 15.9. The van der Waals surface area contributed by atoms with Gasteiger partial charge in [-0.1, -0.05) is 66.4 Å². The van der Waals surface area contributed by atoms with E-state index in [-0.39, 0.29) is 40.8 Å². The number of carbonyl (C=O) groups excluding carboxylic acids is 2. The highest BCUT2D eigenvalue weighted by atomic mass is 32.2. The number of amides is 2. The van der Waals surface area contributed by atoms with Gasteiger partial charge in [-0.2, -0.15) is 13.2 Å². The smallest absolute Gasteiger partial charge is 0.345 e. The van der Waals surface area contributed by atoms with Crippen molar-refractivity contribution in [3.8, 4) is 5.69 Å². The molecule has 0 atom stereocenters. The van der Waals surface area contributed by atoms with Gasteiger partial charge in [0.05, 0.1) is 23.5 Å². The number of benzene rings is 4. The van der Waals surface area contributed by atoms with Crippen LogP contribution in [0.15, 0.2) is 90.1 Å². The molecule has 4 aromatic carbocycles. The average Bonchev–Trinajstić information content (AvgIpc) is 3.39. The van der Waals surface area contributed by atoms with Crippen LogP contribution < -0.4 is 10.6 Å². The molecule has 42 heavy (non-hydrogen) atoms. The average molecular weight is 590 g/mol. The summed E-state index contributed by atoms with van der Waals surface area (Å²) in [6.07, 6.45) is -4.56. The van der Waals surface area contributed by atoms with Crippen molar-refractivity contribution >= 4 is 40.0 Å². The van der Waals surface area contributed by atoms with Crippen LogP contribution in [0.2, 0.25) is 0 Å². The summed E-state index contributed by atoms with van der Waals surface area (Å²) in [5.41, 5.74) is 2.33. The number of halogens is 3. The molecule has 0 aliphatic carbocycles. The van der Waals surface area contributed by atoms with Crippen LogP contribution in [0, 0.1) is 13.8 Å². The number of nitrogens with one attached hydrogen (secondary N) is 2. The van der Waals surface area contributed by atoms with Crippen LogP contribution in [0.5, 0.6) is 0 Å². The van der Waals surface area contributed by atoms with E-state index < -0.39 is 11.7 Å². The number of nitrogens with zero attached hydrogens (tertiary/aromatic N) is 3. The fourth-order valence-electron chi connectivity index (χ4n) is 4.45. The number of alkyl halides is 3. The SMILES string of the molecule is Cc1ccc(C)c(NC(=O)CSc2nnc(CNC(=O)c3cccc4ccccc34)n2-c2cccc(C(F)(F)F)c2)c1. The number of aryl methyl sites for hydroxylation is 2. The molecule has 0 spiro atoms. The molecule has 2 amide bonds. The first-order valence-corrected chi connectivity index (χ1v) is 14.0. The Hall–Kier alpha value is -4.64. The minimum Gasteiger partial charge on any atom is -0.345 e. The third-order valence-corrected chi connectivity index (χ3v) is 7.50. The second kappa shape index (κ2) is 12.1. The van der Waals surface area contributed by atoms with Crippen molar-refractivity contribution in [3.63, 3.8) is 0 Å². The molecule has 0 aliphatic rings. The number of thioether (sulfide) groups is 1. The number of hydrogen-bond donors (Lipinski definition) is 2. The van der Waals surface area contributed by atoms with E-state index in [1.54, 1.807) is 12.1 Å². The number of hydrogen-bond acceptors (Lipinski definition) is 5. The monoisotopic (exact) mass is 589 g/mol. The van der Waals surface area contributed by atoms with Crippen molar-refractivity contribution in [1.82, 2.24) is 20.1 Å². The van der Waals surface area contributed by atoms with Crippen molar-refractivity contribution < 1.29 is 22.8 Å². The van der Waals surface area contributed by atoms with Crippen LogP contribution in [-0.2, 0) is 17.5 Å². The predicted octanol–water partition coefficient (Wildman–Crippen LogP) is 6.72. The third-order valence-electron chi connectivity index (χ3n) is 6.57. The van der Waals surface area contributed by atoms with Gasteiger partial charge in [-0.05, 0) is 66.1 Å². The summed E-state index contributed by atoms with van der Waals surface area (Å²) in [4.78, 5) is 25.9. The van der Waals surface area contributed by atoms with Crippen LogP contribution in [0.25, 0.3) is 16.5 Å². The quantitative estimate of drug-likeness (QED) is 0.196. The summed E-state index contributed by atoms with van der Waals surface area (Å²) in [6, 6.07) is 23.3. The topological polar surface area (TPSA) is 88.9 Å². The Balaban J connectivity index is 1.40. The van der Waals surface area contributed by atoms with E-state index >= 15 is 0 Å². The van der Waals surface area contributed by atoms with Gasteiger partial charge in [0.2, 0.25) is 5.91 Å². The maximum absolute atomic E-state index is 13.5. The highest BCUT2D eigenvalue weighted by Gasteiger charge is 2.31. The molecule has 1 aromatic heterocycles. The van der Waals surface area contributed by atoms with Gasteiger partial charge in [0.15, 0.2) is 11.0 Å². The fourth-order valence-corrected chi connectivity index (χ4v) is 5.22. The Bertz CT molecular complexity index is 1780. The van der Waals surface area contributed by atoms with E-state index in [9.17, 15) is 22.8 Å². The maximum Gasteiger partial charge on any atom is 0.416 e.